The molecule has 34 heavy (non-hydrogen) atoms. The number of amides is 2. The van der Waals surface area contributed by atoms with Gasteiger partial charge in [0.1, 0.15) is 11.9 Å². The van der Waals surface area contributed by atoms with E-state index in [-0.39, 0.29) is 42.0 Å². The van der Waals surface area contributed by atoms with Gasteiger partial charge in [0.05, 0.1) is 18.8 Å². The molecule has 1 aromatic heterocycles. The van der Waals surface area contributed by atoms with Crippen molar-refractivity contribution in [2.75, 3.05) is 18.4 Å². The van der Waals surface area contributed by atoms with E-state index in [2.05, 4.69) is 15.6 Å². The molecule has 1 saturated heterocycles. The minimum absolute atomic E-state index is 0.0595. The number of piperidine rings is 1. The molecule has 0 bridgehead atoms. The summed E-state index contributed by atoms with van der Waals surface area (Å²) in [7, 11) is 0. The van der Waals surface area contributed by atoms with Crippen molar-refractivity contribution in [3.63, 3.8) is 0 Å². The van der Waals surface area contributed by atoms with Crippen LogP contribution in [0.15, 0.2) is 48.5 Å². The van der Waals surface area contributed by atoms with Gasteiger partial charge < -0.3 is 15.0 Å². The summed E-state index contributed by atoms with van der Waals surface area (Å²) < 4.78 is 20.8. The normalized spacial score (nSPS) is 18.4. The maximum atomic E-state index is 13.2. The Morgan fingerprint density at radius 1 is 1.06 bits per heavy atom. The molecule has 2 amide bonds. The highest BCUT2D eigenvalue weighted by atomic mass is 35.5. The van der Waals surface area contributed by atoms with E-state index in [1.54, 1.807) is 46.0 Å². The Kier molecular flexibility index (Phi) is 6.30. The van der Waals surface area contributed by atoms with Crippen molar-refractivity contribution in [3.05, 3.63) is 76.3 Å². The van der Waals surface area contributed by atoms with Crippen LogP contribution in [0.2, 0.25) is 5.02 Å². The van der Waals surface area contributed by atoms with Crippen LogP contribution in [0.4, 0.5) is 10.1 Å². The second-order valence-electron chi connectivity index (χ2n) is 8.48. The summed E-state index contributed by atoms with van der Waals surface area (Å²) in [6.45, 7) is 1.51. The number of carbonyl (C=O) groups excluding carboxylic acids is 2. The van der Waals surface area contributed by atoms with Gasteiger partial charge in [0, 0.05) is 29.7 Å². The van der Waals surface area contributed by atoms with E-state index in [0.717, 1.165) is 5.56 Å². The van der Waals surface area contributed by atoms with Crippen LogP contribution in [-0.4, -0.2) is 44.8 Å². The molecular weight excluding hydrogens is 461 g/mol. The summed E-state index contributed by atoms with van der Waals surface area (Å²) in [5, 5.41) is 11.8. The minimum atomic E-state index is -0.305. The molecule has 0 radical (unpaired) electrons. The molecule has 0 aliphatic carbocycles. The summed E-state index contributed by atoms with van der Waals surface area (Å²) in [4.78, 5) is 27.4. The molecule has 2 aliphatic heterocycles. The number of halogens is 2. The van der Waals surface area contributed by atoms with E-state index in [1.165, 1.54) is 12.1 Å². The molecule has 2 aliphatic rings. The fourth-order valence-electron chi connectivity index (χ4n) is 4.33. The number of ether oxygens (including phenoxy) is 1. The second kappa shape index (κ2) is 9.52. The van der Waals surface area contributed by atoms with Crippen LogP contribution in [0.3, 0.4) is 0 Å². The smallest absolute Gasteiger partial charge is 0.276 e. The number of fused-ring (bicyclic) bond motifs is 1. The average Bonchev–Trinajstić information content (AvgIpc) is 3.29. The molecule has 176 valence electrons. The van der Waals surface area contributed by atoms with Crippen molar-refractivity contribution >= 4 is 29.1 Å². The summed E-state index contributed by atoms with van der Waals surface area (Å²) >= 11 is 5.89. The average molecular weight is 484 g/mol. The lowest BCUT2D eigenvalue weighted by Gasteiger charge is -2.31. The zero-order valence-electron chi connectivity index (χ0n) is 18.3. The molecule has 1 fully saturated rings. The second-order valence-corrected chi connectivity index (χ2v) is 8.92. The first-order chi connectivity index (χ1) is 16.5. The number of aromatic nitrogens is 3. The van der Waals surface area contributed by atoms with Crippen LogP contribution < -0.4 is 5.32 Å². The Morgan fingerprint density at radius 3 is 2.47 bits per heavy atom. The first kappa shape index (κ1) is 22.5. The lowest BCUT2D eigenvalue weighted by atomic mass is 9.95. The number of likely N-dealkylation sites (tertiary alicyclic amines) is 1. The van der Waals surface area contributed by atoms with Gasteiger partial charge in [-0.1, -0.05) is 28.9 Å². The molecule has 0 saturated carbocycles. The summed E-state index contributed by atoms with van der Waals surface area (Å²) in [6, 6.07) is 13.1. The highest BCUT2D eigenvalue weighted by Gasteiger charge is 2.33. The number of hydrogen-bond acceptors (Lipinski definition) is 5. The van der Waals surface area contributed by atoms with Gasteiger partial charge >= 0.3 is 0 Å². The van der Waals surface area contributed by atoms with Gasteiger partial charge in [-0.2, -0.15) is 0 Å². The largest absolute Gasteiger partial charge is 0.365 e. The fourth-order valence-corrected chi connectivity index (χ4v) is 4.45. The van der Waals surface area contributed by atoms with Crippen molar-refractivity contribution in [2.45, 2.75) is 32.1 Å². The Labute approximate surface area is 200 Å². The number of rotatable bonds is 4. The third kappa shape index (κ3) is 4.67. The molecule has 1 atom stereocenters. The van der Waals surface area contributed by atoms with E-state index < -0.39 is 0 Å². The van der Waals surface area contributed by atoms with Gasteiger partial charge in [0.2, 0.25) is 5.91 Å². The zero-order valence-corrected chi connectivity index (χ0v) is 19.0. The molecule has 2 aromatic carbocycles. The van der Waals surface area contributed by atoms with Crippen molar-refractivity contribution in [1.82, 2.24) is 19.9 Å². The number of anilines is 1. The molecule has 8 nitrogen and oxygen atoms in total. The third-order valence-corrected chi connectivity index (χ3v) is 6.56. The molecule has 5 rings (SSSR count). The van der Waals surface area contributed by atoms with Gasteiger partial charge in [-0.25, -0.2) is 9.07 Å². The SMILES string of the molecule is O=C(Nc1ccc(Cl)cc1)C1CCN(C(=O)c2nnn3c2COC(c2ccc(F)cc2)C3)CC1. The highest BCUT2D eigenvalue weighted by Crippen LogP contribution is 2.28. The van der Waals surface area contributed by atoms with Crippen LogP contribution in [0.1, 0.15) is 40.7 Å². The molecule has 3 heterocycles. The van der Waals surface area contributed by atoms with Gasteiger partial charge in [-0.15, -0.1) is 5.10 Å². The summed E-state index contributed by atoms with van der Waals surface area (Å²) in [5.74, 6) is -0.744. The zero-order chi connectivity index (χ0) is 23.7. The lowest BCUT2D eigenvalue weighted by molar-refractivity contribution is -0.121. The van der Waals surface area contributed by atoms with E-state index >= 15 is 0 Å². The van der Waals surface area contributed by atoms with Gasteiger partial charge in [-0.3, -0.25) is 9.59 Å². The van der Waals surface area contributed by atoms with Crippen LogP contribution in [0.5, 0.6) is 0 Å². The number of carbonyl (C=O) groups is 2. The minimum Gasteiger partial charge on any atom is -0.365 e. The van der Waals surface area contributed by atoms with E-state index in [1.807, 2.05) is 0 Å². The van der Waals surface area contributed by atoms with E-state index in [9.17, 15) is 14.0 Å². The van der Waals surface area contributed by atoms with Gasteiger partial charge in [-0.05, 0) is 54.8 Å². The quantitative estimate of drug-likeness (QED) is 0.609. The van der Waals surface area contributed by atoms with Crippen LogP contribution >= 0.6 is 11.6 Å². The fraction of sp³-hybridized carbons (Fsp3) is 0.333. The Bertz CT molecular complexity index is 1190. The highest BCUT2D eigenvalue weighted by molar-refractivity contribution is 6.30. The van der Waals surface area contributed by atoms with E-state index in [4.69, 9.17) is 16.3 Å². The van der Waals surface area contributed by atoms with E-state index in [0.29, 0.717) is 48.9 Å². The van der Waals surface area contributed by atoms with Crippen molar-refractivity contribution in [3.8, 4) is 0 Å². The van der Waals surface area contributed by atoms with Crippen LogP contribution in [0, 0.1) is 11.7 Å². The monoisotopic (exact) mass is 483 g/mol. The molecular formula is C24H23ClFN5O3. The number of nitrogens with zero attached hydrogens (tertiary/aromatic N) is 4. The number of nitrogens with one attached hydrogen (secondary N) is 1. The third-order valence-electron chi connectivity index (χ3n) is 6.31. The predicted molar refractivity (Wildman–Crippen MR) is 123 cm³/mol. The maximum Gasteiger partial charge on any atom is 0.276 e. The molecule has 3 aromatic rings. The first-order valence-electron chi connectivity index (χ1n) is 11.1. The van der Waals surface area contributed by atoms with Crippen LogP contribution in [0.25, 0.3) is 0 Å². The molecule has 1 N–H and O–H groups in total. The predicted octanol–water partition coefficient (Wildman–Crippen LogP) is 3.83. The van der Waals surface area contributed by atoms with Crippen LogP contribution in [-0.2, 0) is 22.7 Å². The molecule has 0 spiro atoms. The molecule has 10 heteroatoms. The Balaban J connectivity index is 1.18. The maximum absolute atomic E-state index is 13.2. The van der Waals surface area contributed by atoms with Crippen molar-refractivity contribution in [1.29, 1.82) is 0 Å². The first-order valence-corrected chi connectivity index (χ1v) is 11.5. The standard InChI is InChI=1S/C24H23ClFN5O3/c25-17-3-7-19(8-4-17)27-23(32)16-9-11-30(12-10-16)24(33)22-20-14-34-21(13-31(20)29-28-22)15-1-5-18(26)6-2-15/h1-8,16,21H,9-14H2,(H,27,32). The topological polar surface area (TPSA) is 89.4 Å². The summed E-state index contributed by atoms with van der Waals surface area (Å²) in [6.07, 6.45) is 0.850. The number of benzene rings is 2. The van der Waals surface area contributed by atoms with Gasteiger partial charge in [0.15, 0.2) is 5.69 Å². The Hall–Kier alpha value is -3.30. The molecule has 1 unspecified atom stereocenters. The van der Waals surface area contributed by atoms with Gasteiger partial charge in [0.25, 0.3) is 5.91 Å². The Morgan fingerprint density at radius 2 is 1.76 bits per heavy atom. The number of hydrogen-bond donors (Lipinski definition) is 1. The lowest BCUT2D eigenvalue weighted by Crippen LogP contribution is -2.42. The van der Waals surface area contributed by atoms with Crippen molar-refractivity contribution < 1.29 is 18.7 Å². The van der Waals surface area contributed by atoms with Crippen molar-refractivity contribution in [2.24, 2.45) is 5.92 Å². The summed E-state index contributed by atoms with van der Waals surface area (Å²) in [5.41, 5.74) is 2.45.